The van der Waals surface area contributed by atoms with Gasteiger partial charge in [-0.3, -0.25) is 13.9 Å². The van der Waals surface area contributed by atoms with Crippen molar-refractivity contribution in [2.24, 2.45) is 0 Å². The van der Waals surface area contributed by atoms with Gasteiger partial charge in [-0.25, -0.2) is 12.8 Å². The molecule has 236 valence electrons. The van der Waals surface area contributed by atoms with Crippen molar-refractivity contribution in [3.05, 3.63) is 131 Å². The fourth-order valence-electron chi connectivity index (χ4n) is 5.07. The van der Waals surface area contributed by atoms with E-state index < -0.39 is 40.2 Å². The van der Waals surface area contributed by atoms with Crippen LogP contribution in [0.1, 0.15) is 41.2 Å². The number of nitrogens with zero attached hydrogens (tertiary/aromatic N) is 2. The Morgan fingerprint density at radius 1 is 0.844 bits per heavy atom. The highest BCUT2D eigenvalue weighted by Gasteiger charge is 2.35. The molecule has 7 nitrogen and oxygen atoms in total. The maximum absolute atomic E-state index is 15.0. The van der Waals surface area contributed by atoms with E-state index in [1.807, 2.05) is 57.2 Å². The first-order valence-corrected chi connectivity index (χ1v) is 16.5. The Morgan fingerprint density at radius 2 is 1.49 bits per heavy atom. The summed E-state index contributed by atoms with van der Waals surface area (Å²) in [6, 6.07) is 26.1. The molecule has 0 heterocycles. The molecule has 0 fully saturated rings. The number of amides is 2. The van der Waals surface area contributed by atoms with Gasteiger partial charge in [0.25, 0.3) is 10.0 Å². The van der Waals surface area contributed by atoms with Crippen molar-refractivity contribution in [3.63, 3.8) is 0 Å². The van der Waals surface area contributed by atoms with Gasteiger partial charge in [0.15, 0.2) is 0 Å². The normalized spacial score (nSPS) is 11.9. The maximum Gasteiger partial charge on any atom is 0.264 e. The van der Waals surface area contributed by atoms with E-state index >= 15 is 4.39 Å². The van der Waals surface area contributed by atoms with Crippen LogP contribution in [0.4, 0.5) is 10.1 Å². The molecule has 4 aromatic rings. The van der Waals surface area contributed by atoms with Crippen molar-refractivity contribution in [2.45, 2.75) is 58.0 Å². The molecule has 1 atom stereocenters. The molecule has 9 heteroatoms. The largest absolute Gasteiger partial charge is 0.354 e. The lowest BCUT2D eigenvalue weighted by molar-refractivity contribution is -0.140. The van der Waals surface area contributed by atoms with Crippen LogP contribution in [0.25, 0.3) is 0 Å². The Hall–Kier alpha value is -4.50. The lowest BCUT2D eigenvalue weighted by atomic mass is 10.0. The van der Waals surface area contributed by atoms with Crippen molar-refractivity contribution >= 4 is 27.5 Å². The summed E-state index contributed by atoms with van der Waals surface area (Å²) in [5.74, 6) is -1.56. The number of aryl methyl sites for hydroxylation is 3. The number of anilines is 1. The van der Waals surface area contributed by atoms with Crippen molar-refractivity contribution < 1.29 is 22.4 Å². The SMILES string of the molecule is CCCNC(=O)[C@@H](Cc1ccccc1)N(Cc1ccccc1F)C(=O)CN(c1cc(C)ccc1C)S(=O)(=O)c1ccc(C)cc1. The van der Waals surface area contributed by atoms with Gasteiger partial charge in [0, 0.05) is 25.1 Å². The fourth-order valence-corrected chi connectivity index (χ4v) is 6.54. The number of nitrogens with one attached hydrogen (secondary N) is 1. The number of carbonyl (C=O) groups excluding carboxylic acids is 2. The molecule has 45 heavy (non-hydrogen) atoms. The van der Waals surface area contributed by atoms with Gasteiger partial charge in [0.2, 0.25) is 11.8 Å². The van der Waals surface area contributed by atoms with Crippen LogP contribution in [0.2, 0.25) is 0 Å². The third-order valence-electron chi connectivity index (χ3n) is 7.64. The van der Waals surface area contributed by atoms with Crippen LogP contribution >= 0.6 is 0 Å². The Kier molecular flexibility index (Phi) is 11.1. The average Bonchev–Trinajstić information content (AvgIpc) is 3.03. The Morgan fingerprint density at radius 3 is 2.16 bits per heavy atom. The molecule has 1 N–H and O–H groups in total. The molecule has 4 aromatic carbocycles. The predicted octanol–water partition coefficient (Wildman–Crippen LogP) is 6.11. The lowest BCUT2D eigenvalue weighted by Crippen LogP contribution is -2.53. The summed E-state index contributed by atoms with van der Waals surface area (Å²) in [6.07, 6.45) is 0.838. The molecule has 0 aromatic heterocycles. The standard InChI is InChI=1S/C36H40FN3O4S/c1-5-21-38-36(42)34(23-29-11-7-6-8-12-29)39(24-30-13-9-10-14-32(30)37)35(41)25-40(33-22-27(3)15-18-28(33)4)45(43,44)31-19-16-26(2)17-20-31/h6-20,22,34H,5,21,23-25H2,1-4H3,(H,38,42)/t34-/m1/s1. The van der Waals surface area contributed by atoms with Crippen molar-refractivity contribution in [1.29, 1.82) is 0 Å². The molecule has 0 aliphatic carbocycles. The van der Waals surface area contributed by atoms with Gasteiger partial charge < -0.3 is 10.2 Å². The van der Waals surface area contributed by atoms with Crippen LogP contribution in [-0.2, 0) is 32.6 Å². The van der Waals surface area contributed by atoms with Crippen molar-refractivity contribution in [1.82, 2.24) is 10.2 Å². The zero-order valence-electron chi connectivity index (χ0n) is 26.2. The van der Waals surface area contributed by atoms with Crippen LogP contribution in [0.15, 0.2) is 102 Å². The highest BCUT2D eigenvalue weighted by atomic mass is 32.2. The molecule has 0 aliphatic rings. The minimum atomic E-state index is -4.23. The lowest BCUT2D eigenvalue weighted by Gasteiger charge is -2.34. The van der Waals surface area contributed by atoms with Gasteiger partial charge in [0.1, 0.15) is 18.4 Å². The highest BCUT2D eigenvalue weighted by molar-refractivity contribution is 7.92. The molecule has 0 saturated heterocycles. The molecular weight excluding hydrogens is 589 g/mol. The van der Waals surface area contributed by atoms with Gasteiger partial charge in [-0.05, 0) is 68.1 Å². The summed E-state index contributed by atoms with van der Waals surface area (Å²) in [5.41, 5.74) is 3.74. The molecule has 0 saturated carbocycles. The molecule has 0 unspecified atom stereocenters. The van der Waals surface area contributed by atoms with Gasteiger partial charge in [-0.2, -0.15) is 0 Å². The number of rotatable bonds is 13. The molecule has 0 aliphatic heterocycles. The van der Waals surface area contributed by atoms with Gasteiger partial charge in [-0.15, -0.1) is 0 Å². The first-order valence-electron chi connectivity index (χ1n) is 15.0. The van der Waals surface area contributed by atoms with Crippen LogP contribution < -0.4 is 9.62 Å². The van der Waals surface area contributed by atoms with E-state index in [1.54, 1.807) is 49.4 Å². The number of sulfonamides is 1. The molecule has 0 spiro atoms. The zero-order valence-corrected chi connectivity index (χ0v) is 27.0. The first-order chi connectivity index (χ1) is 21.5. The second-order valence-electron chi connectivity index (χ2n) is 11.2. The summed E-state index contributed by atoms with van der Waals surface area (Å²) in [7, 11) is -4.23. The summed E-state index contributed by atoms with van der Waals surface area (Å²) in [6.45, 7) is 6.98. The van der Waals surface area contributed by atoms with Crippen LogP contribution in [0, 0.1) is 26.6 Å². The number of hydrogen-bond acceptors (Lipinski definition) is 4. The topological polar surface area (TPSA) is 86.8 Å². The zero-order chi connectivity index (χ0) is 32.6. The van der Waals surface area contributed by atoms with E-state index in [1.165, 1.54) is 23.1 Å². The summed E-state index contributed by atoms with van der Waals surface area (Å²) in [4.78, 5) is 29.5. The molecule has 2 amide bonds. The maximum atomic E-state index is 15.0. The number of hydrogen-bond donors (Lipinski definition) is 1. The first kappa shape index (κ1) is 33.4. The van der Waals surface area contributed by atoms with E-state index in [9.17, 15) is 18.0 Å². The third kappa shape index (κ3) is 8.36. The number of benzene rings is 4. The van der Waals surface area contributed by atoms with Crippen LogP contribution in [-0.4, -0.2) is 44.3 Å². The van der Waals surface area contributed by atoms with E-state index in [0.29, 0.717) is 24.2 Å². The molecule has 0 bridgehead atoms. The van der Waals surface area contributed by atoms with E-state index in [4.69, 9.17) is 0 Å². The monoisotopic (exact) mass is 629 g/mol. The van der Waals surface area contributed by atoms with Gasteiger partial charge in [-0.1, -0.05) is 85.3 Å². The fraction of sp³-hybridized carbons (Fsp3) is 0.278. The van der Waals surface area contributed by atoms with Crippen LogP contribution in [0.3, 0.4) is 0 Å². The van der Waals surface area contributed by atoms with E-state index in [0.717, 1.165) is 21.0 Å². The Labute approximate surface area is 265 Å². The van der Waals surface area contributed by atoms with Gasteiger partial charge in [0.05, 0.1) is 10.6 Å². The molecule has 4 rings (SSSR count). The highest BCUT2D eigenvalue weighted by Crippen LogP contribution is 2.29. The van der Waals surface area contributed by atoms with E-state index in [2.05, 4.69) is 5.32 Å². The third-order valence-corrected chi connectivity index (χ3v) is 9.41. The molecular formula is C36H40FN3O4S. The molecule has 0 radical (unpaired) electrons. The van der Waals surface area contributed by atoms with E-state index in [-0.39, 0.29) is 23.4 Å². The summed E-state index contributed by atoms with van der Waals surface area (Å²) < 4.78 is 44.6. The van der Waals surface area contributed by atoms with Crippen LogP contribution in [0.5, 0.6) is 0 Å². The second-order valence-corrected chi connectivity index (χ2v) is 13.1. The summed E-state index contributed by atoms with van der Waals surface area (Å²) in [5, 5.41) is 2.89. The van der Waals surface area contributed by atoms with Gasteiger partial charge >= 0.3 is 0 Å². The van der Waals surface area contributed by atoms with Crippen molar-refractivity contribution in [2.75, 3.05) is 17.4 Å². The minimum Gasteiger partial charge on any atom is -0.354 e. The second kappa shape index (κ2) is 15.0. The predicted molar refractivity (Wildman–Crippen MR) is 176 cm³/mol. The van der Waals surface area contributed by atoms with Crippen molar-refractivity contribution in [3.8, 4) is 0 Å². The summed E-state index contributed by atoms with van der Waals surface area (Å²) >= 11 is 0. The quantitative estimate of drug-likeness (QED) is 0.193. The number of halogens is 1. The smallest absolute Gasteiger partial charge is 0.264 e. The minimum absolute atomic E-state index is 0.0315. The Bertz CT molecular complexity index is 1730. The Balaban J connectivity index is 1.83. The number of carbonyl (C=O) groups is 2. The average molecular weight is 630 g/mol.